The number of amides is 1. The summed E-state index contributed by atoms with van der Waals surface area (Å²) in [5, 5.41) is 12.8. The Morgan fingerprint density at radius 1 is 1.18 bits per heavy atom. The first-order chi connectivity index (χ1) is 16.0. The summed E-state index contributed by atoms with van der Waals surface area (Å²) in [5.41, 5.74) is 2.72. The highest BCUT2D eigenvalue weighted by atomic mass is 32.2. The van der Waals surface area contributed by atoms with E-state index in [9.17, 15) is 9.59 Å². The lowest BCUT2D eigenvalue weighted by molar-refractivity contribution is -0.113. The van der Waals surface area contributed by atoms with Gasteiger partial charge >= 0.3 is 5.97 Å². The predicted molar refractivity (Wildman–Crippen MR) is 130 cm³/mol. The third-order valence-corrected chi connectivity index (χ3v) is 8.19. The summed E-state index contributed by atoms with van der Waals surface area (Å²) in [6, 6.07) is 4.05. The number of hydrogen-bond donors (Lipinski definition) is 1. The number of nitrogens with zero attached hydrogens (tertiary/aromatic N) is 4. The maximum Gasteiger partial charge on any atom is 0.341 e. The first-order valence-electron chi connectivity index (χ1n) is 11.1. The van der Waals surface area contributed by atoms with Crippen LogP contribution in [0.3, 0.4) is 0 Å². The minimum Gasteiger partial charge on any atom is -0.465 e. The van der Waals surface area contributed by atoms with E-state index in [0.29, 0.717) is 22.1 Å². The van der Waals surface area contributed by atoms with Gasteiger partial charge in [0.05, 0.1) is 18.4 Å². The molecule has 0 fully saturated rings. The predicted octanol–water partition coefficient (Wildman–Crippen LogP) is 3.98. The average molecular weight is 488 g/mol. The molecule has 176 valence electrons. The molecule has 3 aromatic rings. The lowest BCUT2D eigenvalue weighted by Gasteiger charge is -2.11. The molecule has 3 heterocycles. The van der Waals surface area contributed by atoms with E-state index in [1.54, 1.807) is 0 Å². The molecule has 1 N–H and O–H groups in total. The number of hydrogen-bond acceptors (Lipinski definition) is 7. The van der Waals surface area contributed by atoms with E-state index in [1.165, 1.54) is 41.5 Å². The van der Waals surface area contributed by atoms with Gasteiger partial charge in [-0.2, -0.15) is 0 Å². The highest BCUT2D eigenvalue weighted by Crippen LogP contribution is 2.37. The van der Waals surface area contributed by atoms with E-state index in [0.717, 1.165) is 49.2 Å². The second-order valence-corrected chi connectivity index (χ2v) is 10.2. The van der Waals surface area contributed by atoms with E-state index in [1.807, 2.05) is 30.9 Å². The normalized spacial score (nSPS) is 13.8. The van der Waals surface area contributed by atoms with Gasteiger partial charge in [-0.05, 0) is 43.4 Å². The van der Waals surface area contributed by atoms with Gasteiger partial charge in [0, 0.05) is 37.3 Å². The van der Waals surface area contributed by atoms with Gasteiger partial charge in [0.1, 0.15) is 10.8 Å². The van der Waals surface area contributed by atoms with E-state index >= 15 is 0 Å². The van der Waals surface area contributed by atoms with Crippen molar-refractivity contribution in [2.24, 2.45) is 14.1 Å². The molecule has 3 aromatic heterocycles. The number of carbonyl (C=O) groups is 2. The van der Waals surface area contributed by atoms with Crippen molar-refractivity contribution in [3.8, 4) is 0 Å². The number of aromatic nitrogens is 4. The van der Waals surface area contributed by atoms with Gasteiger partial charge in [-0.1, -0.05) is 24.6 Å². The van der Waals surface area contributed by atoms with Crippen LogP contribution in [0, 0.1) is 0 Å². The van der Waals surface area contributed by atoms with Crippen molar-refractivity contribution in [2.45, 2.75) is 50.1 Å². The third-order valence-electron chi connectivity index (χ3n) is 5.96. The highest BCUT2D eigenvalue weighted by molar-refractivity contribution is 7.99. The lowest BCUT2D eigenvalue weighted by atomic mass is 9.96. The maximum absolute atomic E-state index is 12.8. The summed E-state index contributed by atoms with van der Waals surface area (Å²) < 4.78 is 9.01. The molecule has 10 heteroatoms. The summed E-state index contributed by atoms with van der Waals surface area (Å²) in [6.45, 7) is 0. The number of nitrogens with one attached hydrogen (secondary N) is 1. The fourth-order valence-electron chi connectivity index (χ4n) is 4.09. The minimum atomic E-state index is -0.380. The molecule has 0 saturated carbocycles. The van der Waals surface area contributed by atoms with Gasteiger partial charge in [0.2, 0.25) is 5.91 Å². The maximum atomic E-state index is 12.8. The van der Waals surface area contributed by atoms with Crippen LogP contribution < -0.4 is 5.32 Å². The van der Waals surface area contributed by atoms with Gasteiger partial charge in [-0.3, -0.25) is 4.79 Å². The molecular weight excluding hydrogens is 458 g/mol. The van der Waals surface area contributed by atoms with Gasteiger partial charge in [-0.15, -0.1) is 21.5 Å². The molecule has 4 rings (SSSR count). The quantitative estimate of drug-likeness (QED) is 0.400. The summed E-state index contributed by atoms with van der Waals surface area (Å²) in [4.78, 5) is 26.5. The number of aryl methyl sites for hydroxylation is 2. The van der Waals surface area contributed by atoms with Crippen LogP contribution in [0.1, 0.15) is 58.0 Å². The van der Waals surface area contributed by atoms with Crippen LogP contribution in [-0.4, -0.2) is 44.1 Å². The molecule has 0 aromatic carbocycles. The molecule has 0 atom stereocenters. The molecule has 0 spiro atoms. The number of methoxy groups -OCH3 is 1. The molecule has 1 amide bonds. The number of thiophene rings is 1. The van der Waals surface area contributed by atoms with Crippen molar-refractivity contribution < 1.29 is 14.3 Å². The van der Waals surface area contributed by atoms with E-state index in [2.05, 4.69) is 26.1 Å². The lowest BCUT2D eigenvalue weighted by Crippen LogP contribution is -2.16. The van der Waals surface area contributed by atoms with Crippen molar-refractivity contribution in [2.75, 3.05) is 18.2 Å². The highest BCUT2D eigenvalue weighted by Gasteiger charge is 2.26. The fourth-order valence-corrected chi connectivity index (χ4v) is 6.11. The number of anilines is 1. The van der Waals surface area contributed by atoms with Gasteiger partial charge in [0.15, 0.2) is 5.16 Å². The number of rotatable bonds is 7. The molecule has 0 radical (unpaired) electrons. The zero-order valence-electron chi connectivity index (χ0n) is 19.2. The summed E-state index contributed by atoms with van der Waals surface area (Å²) in [6.07, 6.45) is 8.98. The Hall–Kier alpha value is -2.59. The van der Waals surface area contributed by atoms with Crippen molar-refractivity contribution in [1.29, 1.82) is 0 Å². The molecule has 33 heavy (non-hydrogen) atoms. The van der Waals surface area contributed by atoms with Crippen LogP contribution in [0.15, 0.2) is 23.5 Å². The number of thioether (sulfide) groups is 1. The molecule has 0 aliphatic heterocycles. The Balaban J connectivity index is 1.44. The van der Waals surface area contributed by atoms with E-state index in [4.69, 9.17) is 4.74 Å². The van der Waals surface area contributed by atoms with Crippen LogP contribution in [0.2, 0.25) is 0 Å². The summed E-state index contributed by atoms with van der Waals surface area (Å²) in [5.74, 6) is 0.464. The van der Waals surface area contributed by atoms with Crippen LogP contribution >= 0.6 is 23.1 Å². The Labute approximate surface area is 201 Å². The topological polar surface area (TPSA) is 91.0 Å². The van der Waals surface area contributed by atoms with E-state index in [-0.39, 0.29) is 17.6 Å². The fraction of sp³-hybridized carbons (Fsp3) is 0.478. The molecule has 0 bridgehead atoms. The third kappa shape index (κ3) is 5.33. The number of fused-ring (bicyclic) bond motifs is 1. The molecule has 1 aliphatic carbocycles. The van der Waals surface area contributed by atoms with Crippen molar-refractivity contribution in [3.05, 3.63) is 45.9 Å². The Bertz CT molecular complexity index is 1150. The van der Waals surface area contributed by atoms with Crippen molar-refractivity contribution >= 4 is 40.0 Å². The first kappa shape index (κ1) is 23.6. The second-order valence-electron chi connectivity index (χ2n) is 8.20. The Morgan fingerprint density at radius 2 is 1.97 bits per heavy atom. The first-order valence-corrected chi connectivity index (χ1v) is 12.9. The SMILES string of the molecule is COC(=O)c1c(NC(=O)CSc2nnc(Cc3cccn3C)n2C)sc2c1CCCCCC2. The van der Waals surface area contributed by atoms with Crippen LogP contribution in [0.25, 0.3) is 0 Å². The van der Waals surface area contributed by atoms with Crippen LogP contribution in [0.5, 0.6) is 0 Å². The smallest absolute Gasteiger partial charge is 0.341 e. The van der Waals surface area contributed by atoms with E-state index < -0.39 is 0 Å². The zero-order valence-corrected chi connectivity index (χ0v) is 20.9. The Morgan fingerprint density at radius 3 is 2.70 bits per heavy atom. The number of ether oxygens (including phenoxy) is 1. The molecule has 0 saturated heterocycles. The number of carbonyl (C=O) groups excluding carboxylic acids is 2. The van der Waals surface area contributed by atoms with Crippen molar-refractivity contribution in [3.63, 3.8) is 0 Å². The zero-order chi connectivity index (χ0) is 23.4. The minimum absolute atomic E-state index is 0.175. The monoisotopic (exact) mass is 487 g/mol. The molecule has 8 nitrogen and oxygen atoms in total. The average Bonchev–Trinajstić information content (AvgIpc) is 3.45. The number of esters is 1. The Kier molecular flexibility index (Phi) is 7.54. The molecule has 0 unspecified atom stereocenters. The van der Waals surface area contributed by atoms with Crippen LogP contribution in [0.4, 0.5) is 5.00 Å². The molecule has 1 aliphatic rings. The van der Waals surface area contributed by atoms with Gasteiger partial charge in [-0.25, -0.2) is 4.79 Å². The summed E-state index contributed by atoms with van der Waals surface area (Å²) in [7, 11) is 5.30. The standard InChI is InChI=1S/C23H29N5O3S2/c1-27-12-8-9-15(27)13-18-25-26-23(28(18)2)32-14-19(29)24-21-20(22(30)31-3)16-10-6-4-5-7-11-17(16)33-21/h8-9,12H,4-7,10-11,13-14H2,1-3H3,(H,24,29). The second kappa shape index (κ2) is 10.6. The largest absolute Gasteiger partial charge is 0.465 e. The van der Waals surface area contributed by atoms with Crippen molar-refractivity contribution in [1.82, 2.24) is 19.3 Å². The van der Waals surface area contributed by atoms with Gasteiger partial charge < -0.3 is 19.2 Å². The summed E-state index contributed by atoms with van der Waals surface area (Å²) >= 11 is 2.84. The van der Waals surface area contributed by atoms with Crippen LogP contribution in [-0.2, 0) is 42.9 Å². The van der Waals surface area contributed by atoms with Gasteiger partial charge in [0.25, 0.3) is 0 Å². The molecular formula is C23H29N5O3S2.